The topological polar surface area (TPSA) is 141 Å². The number of carbonyl (C=O) groups excluding carboxylic acids is 3. The van der Waals surface area contributed by atoms with Crippen LogP contribution in [-0.4, -0.2) is 35.2 Å². The lowest BCUT2D eigenvalue weighted by Crippen LogP contribution is -2.44. The molecule has 0 spiro atoms. The van der Waals surface area contributed by atoms with Crippen molar-refractivity contribution in [2.24, 2.45) is 11.7 Å². The molecule has 0 aliphatic heterocycles. The Morgan fingerprint density at radius 3 is 2.34 bits per heavy atom. The van der Waals surface area contributed by atoms with Gasteiger partial charge in [-0.3, -0.25) is 19.3 Å². The molecule has 10 heteroatoms. The van der Waals surface area contributed by atoms with Crippen LogP contribution in [0.15, 0.2) is 42.5 Å². The van der Waals surface area contributed by atoms with Crippen LogP contribution in [0, 0.1) is 19.8 Å². The van der Waals surface area contributed by atoms with Crippen LogP contribution in [0.5, 0.6) is 5.75 Å². The Bertz CT molecular complexity index is 1300. The van der Waals surface area contributed by atoms with Crippen molar-refractivity contribution >= 4 is 40.6 Å². The predicted octanol–water partition coefficient (Wildman–Crippen LogP) is 4.39. The Morgan fingerprint density at radius 1 is 1.11 bits per heavy atom. The summed E-state index contributed by atoms with van der Waals surface area (Å²) >= 11 is 0.781. The minimum Gasteiger partial charge on any atom is -0.494 e. The summed E-state index contributed by atoms with van der Waals surface area (Å²) in [4.78, 5) is 41.2. The molecule has 0 radical (unpaired) electrons. The van der Waals surface area contributed by atoms with Crippen LogP contribution in [0.4, 0.5) is 11.4 Å². The van der Waals surface area contributed by atoms with Crippen molar-refractivity contribution < 1.29 is 19.1 Å². The number of rotatable bonds is 11. The van der Waals surface area contributed by atoms with Gasteiger partial charge >= 0.3 is 0 Å². The van der Waals surface area contributed by atoms with Crippen LogP contribution >= 0.6 is 11.5 Å². The standard InChI is InChI=1S/C28H35N5O4S/c1-6-37-20-10-8-19(9-11-20)24(27(35)31-14-13-16(2)3)33(21-12-7-17(4)15-18(21)5)28(36)25-22(29)23(26(30)34)32-38-25/h7-12,15-16,24H,6,13-14,29H2,1-5H3,(H2,30,34)(H,31,35). The van der Waals surface area contributed by atoms with Crippen molar-refractivity contribution in [2.75, 3.05) is 23.8 Å². The zero-order valence-corrected chi connectivity index (χ0v) is 23.2. The van der Waals surface area contributed by atoms with E-state index >= 15 is 0 Å². The molecule has 1 heterocycles. The highest BCUT2D eigenvalue weighted by atomic mass is 32.1. The van der Waals surface area contributed by atoms with Crippen molar-refractivity contribution in [2.45, 2.75) is 47.1 Å². The fraction of sp³-hybridized carbons (Fsp3) is 0.357. The molecule has 0 saturated heterocycles. The molecule has 3 amide bonds. The summed E-state index contributed by atoms with van der Waals surface area (Å²) in [6.45, 7) is 10.8. The number of aromatic nitrogens is 1. The van der Waals surface area contributed by atoms with Crippen LogP contribution in [0.1, 0.15) is 70.1 Å². The van der Waals surface area contributed by atoms with Gasteiger partial charge in [-0.1, -0.05) is 43.7 Å². The van der Waals surface area contributed by atoms with Crippen LogP contribution in [0.25, 0.3) is 0 Å². The van der Waals surface area contributed by atoms with E-state index in [4.69, 9.17) is 16.2 Å². The van der Waals surface area contributed by atoms with Gasteiger partial charge in [0.2, 0.25) is 5.91 Å². The van der Waals surface area contributed by atoms with E-state index in [0.717, 1.165) is 29.1 Å². The van der Waals surface area contributed by atoms with Crippen LogP contribution in [-0.2, 0) is 4.79 Å². The third-order valence-corrected chi connectivity index (χ3v) is 6.87. The minimum absolute atomic E-state index is 0.0321. The number of nitrogens with zero attached hydrogens (tertiary/aromatic N) is 2. The first-order valence-corrected chi connectivity index (χ1v) is 13.3. The SMILES string of the molecule is CCOc1ccc(C(C(=O)NCCC(C)C)N(C(=O)c2snc(C(N)=O)c2N)c2ccc(C)cc2C)cc1. The van der Waals surface area contributed by atoms with Gasteiger partial charge in [0.05, 0.1) is 12.3 Å². The Hall–Kier alpha value is -3.92. The smallest absolute Gasteiger partial charge is 0.273 e. The number of anilines is 2. The van der Waals surface area contributed by atoms with E-state index in [1.165, 1.54) is 4.90 Å². The summed E-state index contributed by atoms with van der Waals surface area (Å²) in [5.41, 5.74) is 14.2. The lowest BCUT2D eigenvalue weighted by Gasteiger charge is -2.32. The molecule has 0 aliphatic rings. The van der Waals surface area contributed by atoms with Gasteiger partial charge in [0, 0.05) is 12.2 Å². The van der Waals surface area contributed by atoms with Crippen molar-refractivity contribution in [1.29, 1.82) is 0 Å². The Kier molecular flexibility index (Phi) is 9.46. The number of benzene rings is 2. The van der Waals surface area contributed by atoms with Gasteiger partial charge < -0.3 is 21.5 Å². The quantitative estimate of drug-likeness (QED) is 0.331. The molecule has 38 heavy (non-hydrogen) atoms. The lowest BCUT2D eigenvalue weighted by atomic mass is 10.00. The number of nitrogen functional groups attached to an aromatic ring is 1. The Balaban J connectivity index is 2.19. The zero-order valence-electron chi connectivity index (χ0n) is 22.4. The molecule has 0 aliphatic carbocycles. The van der Waals surface area contributed by atoms with Crippen molar-refractivity contribution in [3.05, 3.63) is 69.7 Å². The summed E-state index contributed by atoms with van der Waals surface area (Å²) in [5, 5.41) is 3.00. The average molecular weight is 538 g/mol. The first kappa shape index (κ1) is 28.6. The summed E-state index contributed by atoms with van der Waals surface area (Å²) in [6, 6.07) is 11.7. The summed E-state index contributed by atoms with van der Waals surface area (Å²) in [7, 11) is 0. The fourth-order valence-corrected chi connectivity index (χ4v) is 4.83. The average Bonchev–Trinajstić information content (AvgIpc) is 3.25. The Labute approximate surface area is 227 Å². The van der Waals surface area contributed by atoms with E-state index < -0.39 is 17.9 Å². The molecule has 3 aromatic rings. The molecule has 1 unspecified atom stereocenters. The number of carbonyl (C=O) groups is 3. The monoisotopic (exact) mass is 537 g/mol. The number of nitrogens with one attached hydrogen (secondary N) is 1. The van der Waals surface area contributed by atoms with E-state index in [9.17, 15) is 14.4 Å². The maximum Gasteiger partial charge on any atom is 0.273 e. The molecular weight excluding hydrogens is 502 g/mol. The van der Waals surface area contributed by atoms with E-state index in [2.05, 4.69) is 23.5 Å². The molecule has 3 rings (SSSR count). The number of primary amides is 1. The molecule has 1 atom stereocenters. The van der Waals surface area contributed by atoms with Crippen molar-refractivity contribution in [1.82, 2.24) is 9.69 Å². The Morgan fingerprint density at radius 2 is 1.79 bits per heavy atom. The normalized spacial score (nSPS) is 11.7. The summed E-state index contributed by atoms with van der Waals surface area (Å²) in [5.74, 6) is -0.693. The molecule has 5 N–H and O–H groups in total. The van der Waals surface area contributed by atoms with Gasteiger partial charge in [0.25, 0.3) is 11.8 Å². The summed E-state index contributed by atoms with van der Waals surface area (Å²) in [6.07, 6.45) is 0.781. The highest BCUT2D eigenvalue weighted by Crippen LogP contribution is 2.35. The number of nitrogens with two attached hydrogens (primary N) is 2. The van der Waals surface area contributed by atoms with Crippen LogP contribution < -0.4 is 26.4 Å². The van der Waals surface area contributed by atoms with Crippen molar-refractivity contribution in [3.8, 4) is 5.75 Å². The van der Waals surface area contributed by atoms with Gasteiger partial charge in [0.15, 0.2) is 5.69 Å². The third-order valence-electron chi connectivity index (χ3n) is 6.02. The van der Waals surface area contributed by atoms with E-state index in [1.807, 2.05) is 32.9 Å². The largest absolute Gasteiger partial charge is 0.494 e. The maximum atomic E-state index is 14.2. The van der Waals surface area contributed by atoms with E-state index in [0.29, 0.717) is 36.1 Å². The molecule has 2 aromatic carbocycles. The van der Waals surface area contributed by atoms with Gasteiger partial charge in [-0.25, -0.2) is 0 Å². The van der Waals surface area contributed by atoms with Gasteiger partial charge in [-0.05, 0) is 74.0 Å². The third kappa shape index (κ3) is 6.49. The molecule has 9 nitrogen and oxygen atoms in total. The highest BCUT2D eigenvalue weighted by molar-refractivity contribution is 7.09. The lowest BCUT2D eigenvalue weighted by molar-refractivity contribution is -0.122. The molecule has 1 aromatic heterocycles. The molecular formula is C28H35N5O4S. The van der Waals surface area contributed by atoms with Crippen molar-refractivity contribution in [3.63, 3.8) is 0 Å². The van der Waals surface area contributed by atoms with Crippen LogP contribution in [0.2, 0.25) is 0 Å². The number of ether oxygens (including phenoxy) is 1. The van der Waals surface area contributed by atoms with Gasteiger partial charge in [-0.2, -0.15) is 4.37 Å². The number of aryl methyl sites for hydroxylation is 2. The number of hydrogen-bond acceptors (Lipinski definition) is 7. The predicted molar refractivity (Wildman–Crippen MR) is 151 cm³/mol. The zero-order chi connectivity index (χ0) is 28.0. The maximum absolute atomic E-state index is 14.2. The van der Waals surface area contributed by atoms with E-state index in [-0.39, 0.29) is 22.2 Å². The molecule has 0 fully saturated rings. The minimum atomic E-state index is -1.04. The second-order valence-corrected chi connectivity index (χ2v) is 10.3. The second-order valence-electron chi connectivity index (χ2n) is 9.48. The highest BCUT2D eigenvalue weighted by Gasteiger charge is 2.36. The van der Waals surface area contributed by atoms with Gasteiger partial charge in [0.1, 0.15) is 16.7 Å². The van der Waals surface area contributed by atoms with E-state index in [1.54, 1.807) is 30.3 Å². The summed E-state index contributed by atoms with van der Waals surface area (Å²) < 4.78 is 9.58. The number of hydrogen-bond donors (Lipinski definition) is 3. The number of amides is 3. The molecule has 0 saturated carbocycles. The van der Waals surface area contributed by atoms with Gasteiger partial charge in [-0.15, -0.1) is 0 Å². The molecule has 0 bridgehead atoms. The first-order valence-electron chi connectivity index (χ1n) is 12.5. The first-order chi connectivity index (χ1) is 18.0. The van der Waals surface area contributed by atoms with Crippen LogP contribution in [0.3, 0.4) is 0 Å². The second kappa shape index (κ2) is 12.6. The fourth-order valence-electron chi connectivity index (χ4n) is 4.09. The molecule has 202 valence electrons.